The van der Waals surface area contributed by atoms with Gasteiger partial charge in [0.2, 0.25) is 0 Å². The summed E-state index contributed by atoms with van der Waals surface area (Å²) in [6, 6.07) is 11.6. The summed E-state index contributed by atoms with van der Waals surface area (Å²) < 4.78 is 5.13. The minimum Gasteiger partial charge on any atom is -0.497 e. The fourth-order valence-electron chi connectivity index (χ4n) is 1.98. The van der Waals surface area contributed by atoms with Gasteiger partial charge in [-0.3, -0.25) is 11.3 Å². The quantitative estimate of drug-likeness (QED) is 0.558. The lowest BCUT2D eigenvalue weighted by atomic mass is 10.00. The molecule has 1 heterocycles. The van der Waals surface area contributed by atoms with Crippen LogP contribution < -0.4 is 21.7 Å². The molecule has 0 amide bonds. The maximum absolute atomic E-state index is 5.87. The first-order chi connectivity index (χ1) is 9.24. The summed E-state index contributed by atoms with van der Waals surface area (Å²) >= 11 is 0. The van der Waals surface area contributed by atoms with Gasteiger partial charge in [-0.2, -0.15) is 0 Å². The Bertz CT molecular complexity index is 527. The zero-order valence-corrected chi connectivity index (χ0v) is 10.8. The Morgan fingerprint density at radius 1 is 1.26 bits per heavy atom. The van der Waals surface area contributed by atoms with Crippen molar-refractivity contribution in [2.24, 2.45) is 5.84 Å². The average Bonchev–Trinajstić information content (AvgIpc) is 2.46. The van der Waals surface area contributed by atoms with Crippen molar-refractivity contribution in [1.29, 1.82) is 0 Å². The number of nitrogens with one attached hydrogen (secondary N) is 1. The van der Waals surface area contributed by atoms with E-state index in [1.54, 1.807) is 13.3 Å². The van der Waals surface area contributed by atoms with E-state index in [4.69, 9.17) is 16.3 Å². The van der Waals surface area contributed by atoms with E-state index in [1.807, 2.05) is 36.4 Å². The van der Waals surface area contributed by atoms with Crippen LogP contribution in [0.3, 0.4) is 0 Å². The van der Waals surface area contributed by atoms with E-state index in [0.717, 1.165) is 23.3 Å². The van der Waals surface area contributed by atoms with Gasteiger partial charge < -0.3 is 10.5 Å². The molecule has 1 aromatic heterocycles. The summed E-state index contributed by atoms with van der Waals surface area (Å²) in [4.78, 5) is 4.08. The molecule has 1 atom stereocenters. The van der Waals surface area contributed by atoms with Crippen molar-refractivity contribution in [1.82, 2.24) is 10.4 Å². The summed E-state index contributed by atoms with van der Waals surface area (Å²) in [5.74, 6) is 6.95. The normalized spacial score (nSPS) is 12.1. The number of rotatable bonds is 5. The molecule has 0 aliphatic rings. The fourth-order valence-corrected chi connectivity index (χ4v) is 1.98. The van der Waals surface area contributed by atoms with Gasteiger partial charge in [-0.15, -0.1) is 0 Å². The molecule has 0 aliphatic heterocycles. The summed E-state index contributed by atoms with van der Waals surface area (Å²) in [6.45, 7) is 0. The number of anilines is 1. The number of nitrogens with zero attached hydrogens (tertiary/aromatic N) is 1. The van der Waals surface area contributed by atoms with Crippen LogP contribution in [-0.2, 0) is 6.42 Å². The Kier molecular flexibility index (Phi) is 4.33. The topological polar surface area (TPSA) is 86.2 Å². The lowest BCUT2D eigenvalue weighted by molar-refractivity contribution is 0.414. The van der Waals surface area contributed by atoms with Gasteiger partial charge in [0, 0.05) is 11.8 Å². The van der Waals surface area contributed by atoms with Gasteiger partial charge in [0.05, 0.1) is 13.2 Å². The maximum atomic E-state index is 5.87. The molecule has 0 saturated heterocycles. The molecule has 0 saturated carbocycles. The van der Waals surface area contributed by atoms with E-state index < -0.39 is 0 Å². The molecule has 1 unspecified atom stereocenters. The van der Waals surface area contributed by atoms with Crippen LogP contribution in [0.4, 0.5) is 5.82 Å². The molecule has 5 nitrogen and oxygen atoms in total. The Hall–Kier alpha value is -2.11. The first kappa shape index (κ1) is 13.3. The average molecular weight is 258 g/mol. The smallest absolute Gasteiger partial charge is 0.128 e. The zero-order chi connectivity index (χ0) is 13.7. The van der Waals surface area contributed by atoms with Gasteiger partial charge in [-0.25, -0.2) is 4.98 Å². The number of pyridine rings is 1. The summed E-state index contributed by atoms with van der Waals surface area (Å²) in [7, 11) is 1.65. The van der Waals surface area contributed by atoms with Crippen molar-refractivity contribution >= 4 is 5.82 Å². The molecule has 100 valence electrons. The second-order valence-corrected chi connectivity index (χ2v) is 4.25. The first-order valence-electron chi connectivity index (χ1n) is 6.04. The van der Waals surface area contributed by atoms with E-state index in [9.17, 15) is 0 Å². The van der Waals surface area contributed by atoms with Crippen LogP contribution in [0.1, 0.15) is 17.2 Å². The molecule has 2 rings (SSSR count). The number of nitrogen functional groups attached to an aromatic ring is 1. The molecule has 5 N–H and O–H groups in total. The SMILES string of the molecule is COc1ccc(CC(NN)c2cccnc2N)cc1. The van der Waals surface area contributed by atoms with Crippen molar-refractivity contribution in [3.63, 3.8) is 0 Å². The van der Waals surface area contributed by atoms with Gasteiger partial charge in [0.15, 0.2) is 0 Å². The third-order valence-corrected chi connectivity index (χ3v) is 3.05. The molecule has 0 aliphatic carbocycles. The van der Waals surface area contributed by atoms with E-state index in [2.05, 4.69) is 10.4 Å². The maximum Gasteiger partial charge on any atom is 0.128 e. The Morgan fingerprint density at radius 3 is 2.58 bits per heavy atom. The van der Waals surface area contributed by atoms with Crippen molar-refractivity contribution in [2.45, 2.75) is 12.5 Å². The Morgan fingerprint density at radius 2 is 2.00 bits per heavy atom. The molecule has 19 heavy (non-hydrogen) atoms. The molecular weight excluding hydrogens is 240 g/mol. The predicted molar refractivity (Wildman–Crippen MR) is 75.4 cm³/mol. The van der Waals surface area contributed by atoms with Crippen LogP contribution in [0.2, 0.25) is 0 Å². The van der Waals surface area contributed by atoms with Crippen molar-refractivity contribution < 1.29 is 4.74 Å². The van der Waals surface area contributed by atoms with E-state index in [0.29, 0.717) is 5.82 Å². The van der Waals surface area contributed by atoms with Crippen molar-refractivity contribution in [3.8, 4) is 5.75 Å². The number of benzene rings is 1. The highest BCUT2D eigenvalue weighted by Gasteiger charge is 2.13. The molecule has 0 fully saturated rings. The minimum atomic E-state index is -0.0675. The molecule has 0 bridgehead atoms. The number of hydrogen-bond donors (Lipinski definition) is 3. The summed E-state index contributed by atoms with van der Waals surface area (Å²) in [5.41, 5.74) is 10.7. The molecular formula is C14H18N4O. The van der Waals surface area contributed by atoms with Crippen LogP contribution >= 0.6 is 0 Å². The Labute approximate surface area is 112 Å². The van der Waals surface area contributed by atoms with E-state index >= 15 is 0 Å². The van der Waals surface area contributed by atoms with Gasteiger partial charge in [-0.05, 0) is 30.2 Å². The second kappa shape index (κ2) is 6.17. The van der Waals surface area contributed by atoms with Crippen LogP contribution in [-0.4, -0.2) is 12.1 Å². The molecule has 0 radical (unpaired) electrons. The number of ether oxygens (including phenoxy) is 1. The van der Waals surface area contributed by atoms with E-state index in [-0.39, 0.29) is 6.04 Å². The van der Waals surface area contributed by atoms with Crippen molar-refractivity contribution in [2.75, 3.05) is 12.8 Å². The van der Waals surface area contributed by atoms with Crippen LogP contribution in [0.5, 0.6) is 5.75 Å². The molecule has 5 heteroatoms. The monoisotopic (exact) mass is 258 g/mol. The highest BCUT2D eigenvalue weighted by atomic mass is 16.5. The molecule has 1 aromatic carbocycles. The minimum absolute atomic E-state index is 0.0675. The summed E-state index contributed by atoms with van der Waals surface area (Å²) in [6.07, 6.45) is 2.40. The van der Waals surface area contributed by atoms with Gasteiger partial charge in [0.25, 0.3) is 0 Å². The van der Waals surface area contributed by atoms with Gasteiger partial charge in [0.1, 0.15) is 11.6 Å². The highest BCUT2D eigenvalue weighted by Crippen LogP contribution is 2.22. The Balaban J connectivity index is 2.17. The number of aromatic nitrogens is 1. The van der Waals surface area contributed by atoms with Gasteiger partial charge in [-0.1, -0.05) is 18.2 Å². The fraction of sp³-hybridized carbons (Fsp3) is 0.214. The van der Waals surface area contributed by atoms with Gasteiger partial charge >= 0.3 is 0 Å². The number of methoxy groups -OCH3 is 1. The predicted octanol–water partition coefficient (Wildman–Crippen LogP) is 1.42. The lowest BCUT2D eigenvalue weighted by Gasteiger charge is -2.17. The molecule has 0 spiro atoms. The molecule has 2 aromatic rings. The number of nitrogens with two attached hydrogens (primary N) is 2. The number of hydrazine groups is 1. The number of hydrogen-bond acceptors (Lipinski definition) is 5. The van der Waals surface area contributed by atoms with E-state index in [1.165, 1.54) is 0 Å². The highest BCUT2D eigenvalue weighted by molar-refractivity contribution is 5.41. The summed E-state index contributed by atoms with van der Waals surface area (Å²) in [5, 5.41) is 0. The first-order valence-corrected chi connectivity index (χ1v) is 6.04. The largest absolute Gasteiger partial charge is 0.497 e. The standard InChI is InChI=1S/C14H18N4O/c1-19-11-6-4-10(5-7-11)9-13(18-16)12-3-2-8-17-14(12)15/h2-8,13,18H,9,16H2,1H3,(H2,15,17). The zero-order valence-electron chi connectivity index (χ0n) is 10.8. The van der Waals surface area contributed by atoms with Crippen molar-refractivity contribution in [3.05, 3.63) is 53.7 Å². The van der Waals surface area contributed by atoms with Crippen LogP contribution in [0.25, 0.3) is 0 Å². The van der Waals surface area contributed by atoms with Crippen LogP contribution in [0.15, 0.2) is 42.6 Å². The lowest BCUT2D eigenvalue weighted by Crippen LogP contribution is -2.30. The van der Waals surface area contributed by atoms with Crippen LogP contribution in [0, 0.1) is 0 Å². The second-order valence-electron chi connectivity index (χ2n) is 4.25. The third kappa shape index (κ3) is 3.21. The third-order valence-electron chi connectivity index (χ3n) is 3.05.